The van der Waals surface area contributed by atoms with Gasteiger partial charge in [-0.05, 0) is 25.7 Å². The Bertz CT molecular complexity index is 586. The lowest BCUT2D eigenvalue weighted by molar-refractivity contribution is -0.119. The number of fused-ring (bicyclic) bond motifs is 1. The van der Waals surface area contributed by atoms with Crippen LogP contribution in [0.5, 0.6) is 0 Å². The highest BCUT2D eigenvalue weighted by Crippen LogP contribution is 2.33. The van der Waals surface area contributed by atoms with Crippen LogP contribution < -0.4 is 10.6 Å². The van der Waals surface area contributed by atoms with Crippen LogP contribution in [0.2, 0.25) is 0 Å². The van der Waals surface area contributed by atoms with E-state index in [4.69, 9.17) is 23.7 Å². The second-order valence-corrected chi connectivity index (χ2v) is 10.2. The minimum absolute atomic E-state index is 0.0445. The summed E-state index contributed by atoms with van der Waals surface area (Å²) in [6, 6.07) is 0.475. The molecule has 0 aromatic carbocycles. The first-order valence-corrected chi connectivity index (χ1v) is 13.8. The van der Waals surface area contributed by atoms with Crippen LogP contribution in [0.3, 0.4) is 0 Å². The summed E-state index contributed by atoms with van der Waals surface area (Å²) in [4.78, 5) is 23.5. The van der Waals surface area contributed by atoms with Gasteiger partial charge < -0.3 is 39.4 Å². The van der Waals surface area contributed by atoms with Crippen LogP contribution in [-0.2, 0) is 28.5 Å². The maximum absolute atomic E-state index is 12.1. The number of aliphatic hydroxyl groups is 1. The highest BCUT2D eigenvalue weighted by atomic mass is 32.2. The van der Waals surface area contributed by atoms with E-state index in [2.05, 4.69) is 10.6 Å². The number of carbonyl (C=O) groups excluding carboxylic acids is 2. The van der Waals surface area contributed by atoms with E-state index in [1.807, 2.05) is 11.8 Å². The molecule has 2 fully saturated rings. The van der Waals surface area contributed by atoms with Crippen LogP contribution in [0, 0.1) is 0 Å². The lowest BCUT2D eigenvalue weighted by Gasteiger charge is -2.16. The molecular formula is C24H44N2O8S. The average Bonchev–Trinajstić information content (AvgIpc) is 3.38. The van der Waals surface area contributed by atoms with E-state index < -0.39 is 6.10 Å². The Hall–Kier alpha value is -0.950. The highest BCUT2D eigenvalue weighted by molar-refractivity contribution is 8.00. The Balaban J connectivity index is 1.26. The van der Waals surface area contributed by atoms with Gasteiger partial charge in [-0.2, -0.15) is 11.8 Å². The molecule has 0 radical (unpaired) electrons. The number of methoxy groups -OCH3 is 1. The molecule has 35 heavy (non-hydrogen) atoms. The molecule has 2 aliphatic heterocycles. The van der Waals surface area contributed by atoms with Crippen molar-refractivity contribution >= 4 is 23.6 Å². The molecule has 11 heteroatoms. The number of nitrogens with one attached hydrogen (secondary N) is 2. The van der Waals surface area contributed by atoms with Crippen molar-refractivity contribution < 1.29 is 38.4 Å². The molecule has 0 aliphatic carbocycles. The molecule has 2 rings (SSSR count). The fraction of sp³-hybridized carbons (Fsp3) is 0.917. The van der Waals surface area contributed by atoms with Gasteiger partial charge in [-0.15, -0.1) is 0 Å². The molecule has 2 heterocycles. The molecule has 2 aliphatic rings. The second-order valence-electron chi connectivity index (χ2n) is 8.88. The summed E-state index contributed by atoms with van der Waals surface area (Å²) in [6.45, 7) is 4.05. The largest absolute Gasteiger partial charge is 0.388 e. The third-order valence-electron chi connectivity index (χ3n) is 5.91. The van der Waals surface area contributed by atoms with E-state index >= 15 is 0 Å². The van der Waals surface area contributed by atoms with Crippen molar-refractivity contribution in [2.45, 2.75) is 68.4 Å². The average molecular weight is 521 g/mol. The zero-order chi connectivity index (χ0) is 25.1. The minimum atomic E-state index is -0.606. The summed E-state index contributed by atoms with van der Waals surface area (Å²) in [6.07, 6.45) is 5.41. The number of urea groups is 1. The number of hydrogen-bond donors (Lipinski definition) is 3. The first kappa shape index (κ1) is 30.3. The Kier molecular flexibility index (Phi) is 16.6. The molecule has 10 nitrogen and oxygen atoms in total. The number of ketones is 1. The minimum Gasteiger partial charge on any atom is -0.388 e. The number of hydrogen-bond acceptors (Lipinski definition) is 9. The number of aliphatic hydroxyl groups excluding tert-OH is 1. The van der Waals surface area contributed by atoms with Gasteiger partial charge in [0.1, 0.15) is 11.9 Å². The molecule has 0 aromatic rings. The molecule has 0 bridgehead atoms. The van der Waals surface area contributed by atoms with E-state index in [0.717, 1.165) is 37.9 Å². The lowest BCUT2D eigenvalue weighted by atomic mass is 10.0. The molecule has 4 atom stereocenters. The van der Waals surface area contributed by atoms with Crippen LogP contribution in [0.4, 0.5) is 4.79 Å². The van der Waals surface area contributed by atoms with Gasteiger partial charge in [-0.25, -0.2) is 4.79 Å². The van der Waals surface area contributed by atoms with Gasteiger partial charge in [0.2, 0.25) is 0 Å². The van der Waals surface area contributed by atoms with E-state index in [0.29, 0.717) is 70.1 Å². The molecule has 0 aromatic heterocycles. The first-order valence-electron chi connectivity index (χ1n) is 12.8. The Morgan fingerprint density at radius 3 is 2.23 bits per heavy atom. The summed E-state index contributed by atoms with van der Waals surface area (Å²) in [5.74, 6) is 1.31. The van der Waals surface area contributed by atoms with E-state index in [1.165, 1.54) is 7.11 Å². The van der Waals surface area contributed by atoms with Gasteiger partial charge in [0.05, 0.1) is 64.9 Å². The van der Waals surface area contributed by atoms with E-state index in [9.17, 15) is 14.7 Å². The summed E-state index contributed by atoms with van der Waals surface area (Å²) >= 11 is 1.92. The number of rotatable bonds is 23. The molecular weight excluding hydrogens is 476 g/mol. The summed E-state index contributed by atoms with van der Waals surface area (Å²) in [5.41, 5.74) is 0. The van der Waals surface area contributed by atoms with Crippen LogP contribution in [0.1, 0.15) is 44.9 Å². The summed E-state index contributed by atoms with van der Waals surface area (Å²) in [5, 5.41) is 15.9. The van der Waals surface area contributed by atoms with Gasteiger partial charge in [0.25, 0.3) is 0 Å². The van der Waals surface area contributed by atoms with Gasteiger partial charge in [0, 0.05) is 37.6 Å². The number of carbonyl (C=O) groups is 2. The second kappa shape index (κ2) is 19.2. The maximum Gasteiger partial charge on any atom is 0.315 e. The van der Waals surface area contributed by atoms with Crippen LogP contribution in [-0.4, -0.2) is 113 Å². The van der Waals surface area contributed by atoms with Crippen LogP contribution in [0.25, 0.3) is 0 Å². The molecule has 0 spiro atoms. The fourth-order valence-corrected chi connectivity index (χ4v) is 5.63. The number of ether oxygens (including phenoxy) is 5. The van der Waals surface area contributed by atoms with Gasteiger partial charge >= 0.3 is 6.03 Å². The number of amides is 2. The van der Waals surface area contributed by atoms with Crippen molar-refractivity contribution in [3.05, 3.63) is 0 Å². The predicted octanol–water partition coefficient (Wildman–Crippen LogP) is 1.53. The zero-order valence-electron chi connectivity index (χ0n) is 21.0. The predicted molar refractivity (Wildman–Crippen MR) is 134 cm³/mol. The molecule has 2 saturated heterocycles. The third-order valence-corrected chi connectivity index (χ3v) is 7.42. The monoisotopic (exact) mass is 520 g/mol. The van der Waals surface area contributed by atoms with Crippen molar-refractivity contribution in [3.8, 4) is 0 Å². The van der Waals surface area contributed by atoms with Gasteiger partial charge in [0.15, 0.2) is 0 Å². The Morgan fingerprint density at radius 2 is 1.54 bits per heavy atom. The van der Waals surface area contributed by atoms with Gasteiger partial charge in [-0.1, -0.05) is 6.42 Å². The van der Waals surface area contributed by atoms with Crippen molar-refractivity contribution in [3.63, 3.8) is 0 Å². The molecule has 3 N–H and O–H groups in total. The molecule has 204 valence electrons. The standard InChI is InChI=1S/C24H44N2O8S/c1-30-16-20(28)17-34-15-14-33-13-12-32-11-10-31-9-5-4-7-19(27)6-2-3-8-22-23-21(18-35-22)25-24(29)26-23/h20-23,28H,2-18H2,1H3,(H2,25,26,29). The Morgan fingerprint density at radius 1 is 0.914 bits per heavy atom. The zero-order valence-corrected chi connectivity index (χ0v) is 21.9. The van der Waals surface area contributed by atoms with Gasteiger partial charge in [-0.3, -0.25) is 4.79 Å². The summed E-state index contributed by atoms with van der Waals surface area (Å²) in [7, 11) is 1.53. The SMILES string of the molecule is COCC(O)COCCOCCOCCOCCCCC(=O)CCCCC1SCC2NC(=O)NC21. The topological polar surface area (TPSA) is 125 Å². The molecule has 2 amide bonds. The van der Waals surface area contributed by atoms with Crippen LogP contribution in [0.15, 0.2) is 0 Å². The van der Waals surface area contributed by atoms with Crippen molar-refractivity contribution in [2.24, 2.45) is 0 Å². The number of Topliss-reactive ketones (excluding diaryl/α,β-unsaturated/α-hetero) is 1. The molecule has 4 unspecified atom stereocenters. The lowest BCUT2D eigenvalue weighted by Crippen LogP contribution is -2.36. The van der Waals surface area contributed by atoms with E-state index in [1.54, 1.807) is 0 Å². The quantitative estimate of drug-likeness (QED) is 0.136. The molecule has 0 saturated carbocycles. The van der Waals surface area contributed by atoms with E-state index in [-0.39, 0.29) is 31.3 Å². The maximum atomic E-state index is 12.1. The normalized spacial score (nSPS) is 22.1. The first-order chi connectivity index (χ1) is 17.1. The number of thioether (sulfide) groups is 1. The van der Waals surface area contributed by atoms with Crippen molar-refractivity contribution in [1.29, 1.82) is 0 Å². The fourth-order valence-electron chi connectivity index (χ4n) is 4.08. The van der Waals surface area contributed by atoms with Crippen molar-refractivity contribution in [2.75, 3.05) is 72.3 Å². The smallest absolute Gasteiger partial charge is 0.315 e. The van der Waals surface area contributed by atoms with Crippen molar-refractivity contribution in [1.82, 2.24) is 10.6 Å². The summed E-state index contributed by atoms with van der Waals surface area (Å²) < 4.78 is 26.5. The van der Waals surface area contributed by atoms with Crippen LogP contribution >= 0.6 is 11.8 Å². The highest BCUT2D eigenvalue weighted by Gasteiger charge is 2.42. The Labute approximate surface area is 213 Å². The third kappa shape index (κ3) is 13.8. The number of unbranched alkanes of at least 4 members (excludes halogenated alkanes) is 2.